The van der Waals surface area contributed by atoms with Crippen LogP contribution in [0.3, 0.4) is 0 Å². The zero-order valence-corrected chi connectivity index (χ0v) is 9.85. The fraction of sp³-hybridized carbons (Fsp3) is 0.385. The first-order valence-electron chi connectivity index (χ1n) is 5.79. The van der Waals surface area contributed by atoms with E-state index in [4.69, 9.17) is 6.42 Å². The molecule has 0 unspecified atom stereocenters. The van der Waals surface area contributed by atoms with Crippen LogP contribution in [0.2, 0.25) is 0 Å². The highest BCUT2D eigenvalue weighted by molar-refractivity contribution is 5.73. The number of aryl methyl sites for hydroxylation is 1. The average Bonchev–Trinajstić information content (AvgIpc) is 2.65. The Morgan fingerprint density at radius 1 is 1.35 bits per heavy atom. The van der Waals surface area contributed by atoms with Crippen molar-refractivity contribution in [2.75, 3.05) is 0 Å². The van der Waals surface area contributed by atoms with Crippen molar-refractivity contribution in [1.29, 1.82) is 0 Å². The van der Waals surface area contributed by atoms with Crippen LogP contribution in [-0.4, -0.2) is 19.6 Å². The van der Waals surface area contributed by atoms with E-state index >= 15 is 0 Å². The minimum absolute atomic E-state index is 0.0118. The molecule has 0 aliphatic heterocycles. The van der Waals surface area contributed by atoms with Crippen molar-refractivity contribution in [2.45, 2.75) is 32.7 Å². The summed E-state index contributed by atoms with van der Waals surface area (Å²) in [5.41, 5.74) is 1.90. The molecule has 0 saturated heterocycles. The normalized spacial score (nSPS) is 10.6. The number of terminal acetylenes is 1. The Labute approximate surface area is 100 Å². The zero-order valence-electron chi connectivity index (χ0n) is 9.85. The van der Waals surface area contributed by atoms with Crippen molar-refractivity contribution in [3.05, 3.63) is 17.8 Å². The molecule has 0 amide bonds. The minimum atomic E-state index is 0.0118. The van der Waals surface area contributed by atoms with Crippen LogP contribution in [-0.2, 0) is 6.54 Å². The molecule has 0 spiro atoms. The summed E-state index contributed by atoms with van der Waals surface area (Å²) in [6, 6.07) is 3.52. The molecule has 0 bridgehead atoms. The van der Waals surface area contributed by atoms with E-state index in [9.17, 15) is 5.11 Å². The number of aromatic hydroxyl groups is 1. The van der Waals surface area contributed by atoms with E-state index in [1.807, 2.05) is 0 Å². The maximum atomic E-state index is 9.76. The molecule has 4 heteroatoms. The van der Waals surface area contributed by atoms with E-state index in [0.717, 1.165) is 25.8 Å². The summed E-state index contributed by atoms with van der Waals surface area (Å²) in [4.78, 5) is 8.35. The fourth-order valence-corrected chi connectivity index (χ4v) is 1.80. The SMILES string of the molecule is C#Cc1ccc2nc(O)n(CCCCC)c2n1. The molecule has 1 N–H and O–H groups in total. The molecule has 2 rings (SSSR count). The highest BCUT2D eigenvalue weighted by Crippen LogP contribution is 2.19. The Bertz CT molecular complexity index is 566. The third-order valence-electron chi connectivity index (χ3n) is 2.71. The van der Waals surface area contributed by atoms with E-state index in [2.05, 4.69) is 22.8 Å². The Balaban J connectivity index is 2.39. The van der Waals surface area contributed by atoms with E-state index in [1.54, 1.807) is 16.7 Å². The van der Waals surface area contributed by atoms with Gasteiger partial charge in [-0.3, -0.25) is 4.57 Å². The molecule has 0 aliphatic rings. The van der Waals surface area contributed by atoms with Gasteiger partial charge in [0.15, 0.2) is 5.65 Å². The lowest BCUT2D eigenvalue weighted by atomic mass is 10.2. The Morgan fingerprint density at radius 3 is 2.88 bits per heavy atom. The molecule has 0 aliphatic carbocycles. The Morgan fingerprint density at radius 2 is 2.18 bits per heavy atom. The third kappa shape index (κ3) is 2.23. The lowest BCUT2D eigenvalue weighted by molar-refractivity contribution is 0.396. The first kappa shape index (κ1) is 11.5. The molecule has 0 atom stereocenters. The van der Waals surface area contributed by atoms with E-state index < -0.39 is 0 Å². The van der Waals surface area contributed by atoms with Crippen LogP contribution in [0.1, 0.15) is 31.9 Å². The van der Waals surface area contributed by atoms with Gasteiger partial charge in [0.2, 0.25) is 0 Å². The fourth-order valence-electron chi connectivity index (χ4n) is 1.80. The van der Waals surface area contributed by atoms with Gasteiger partial charge in [0, 0.05) is 6.54 Å². The van der Waals surface area contributed by atoms with E-state index in [-0.39, 0.29) is 6.01 Å². The number of unbranched alkanes of at least 4 members (excludes halogenated alkanes) is 2. The van der Waals surface area contributed by atoms with Crippen molar-refractivity contribution < 1.29 is 5.11 Å². The molecule has 4 nitrogen and oxygen atoms in total. The second kappa shape index (κ2) is 4.88. The van der Waals surface area contributed by atoms with Gasteiger partial charge in [0.25, 0.3) is 6.01 Å². The summed E-state index contributed by atoms with van der Waals surface area (Å²) in [6.45, 7) is 2.86. The lowest BCUT2D eigenvalue weighted by Crippen LogP contribution is -1.99. The number of imidazole rings is 1. The number of fused-ring (bicyclic) bond motifs is 1. The summed E-state index contributed by atoms with van der Waals surface area (Å²) in [5.74, 6) is 2.49. The largest absolute Gasteiger partial charge is 0.480 e. The van der Waals surface area contributed by atoms with Crippen LogP contribution in [0.5, 0.6) is 6.01 Å². The molecule has 0 aromatic carbocycles. The lowest BCUT2D eigenvalue weighted by Gasteiger charge is -2.03. The van der Waals surface area contributed by atoms with Crippen LogP contribution in [0.4, 0.5) is 0 Å². The summed E-state index contributed by atoms with van der Waals surface area (Å²) in [7, 11) is 0. The molecular formula is C13H15N3O. The maximum Gasteiger partial charge on any atom is 0.296 e. The minimum Gasteiger partial charge on any atom is -0.480 e. The van der Waals surface area contributed by atoms with Gasteiger partial charge in [-0.05, 0) is 18.6 Å². The van der Waals surface area contributed by atoms with E-state index in [0.29, 0.717) is 16.9 Å². The van der Waals surface area contributed by atoms with Gasteiger partial charge >= 0.3 is 0 Å². The average molecular weight is 229 g/mol. The molecule has 17 heavy (non-hydrogen) atoms. The predicted octanol–water partition coefficient (Wildman–Crippen LogP) is 2.31. The maximum absolute atomic E-state index is 9.76. The van der Waals surface area contributed by atoms with Gasteiger partial charge < -0.3 is 5.11 Å². The van der Waals surface area contributed by atoms with Crippen molar-refractivity contribution in [1.82, 2.24) is 14.5 Å². The molecular weight excluding hydrogens is 214 g/mol. The number of rotatable bonds is 4. The molecule has 2 aromatic heterocycles. The Kier molecular flexibility index (Phi) is 3.29. The zero-order chi connectivity index (χ0) is 12.3. The summed E-state index contributed by atoms with van der Waals surface area (Å²) in [6.07, 6.45) is 8.57. The van der Waals surface area contributed by atoms with Gasteiger partial charge in [-0.25, -0.2) is 4.98 Å². The van der Waals surface area contributed by atoms with Crippen LogP contribution in [0, 0.1) is 12.3 Å². The van der Waals surface area contributed by atoms with Crippen LogP contribution in [0.15, 0.2) is 12.1 Å². The summed E-state index contributed by atoms with van der Waals surface area (Å²) >= 11 is 0. The first-order valence-corrected chi connectivity index (χ1v) is 5.79. The highest BCUT2D eigenvalue weighted by atomic mass is 16.3. The molecule has 0 radical (unpaired) electrons. The second-order valence-electron chi connectivity index (χ2n) is 3.95. The van der Waals surface area contributed by atoms with Gasteiger partial charge in [-0.2, -0.15) is 4.98 Å². The first-order chi connectivity index (χ1) is 8.26. The predicted molar refractivity (Wildman–Crippen MR) is 66.7 cm³/mol. The number of nitrogens with zero attached hydrogens (tertiary/aromatic N) is 3. The quantitative estimate of drug-likeness (QED) is 0.646. The van der Waals surface area contributed by atoms with Gasteiger partial charge in [-0.1, -0.05) is 25.7 Å². The van der Waals surface area contributed by atoms with Crippen LogP contribution >= 0.6 is 0 Å². The van der Waals surface area contributed by atoms with Crippen molar-refractivity contribution >= 4 is 11.2 Å². The Hall–Kier alpha value is -2.02. The smallest absolute Gasteiger partial charge is 0.296 e. The van der Waals surface area contributed by atoms with Gasteiger partial charge in [-0.15, -0.1) is 6.42 Å². The number of hydrogen-bond donors (Lipinski definition) is 1. The number of aromatic nitrogens is 3. The standard InChI is InChI=1S/C13H15N3O/c1-3-5-6-9-16-12-11(15-13(16)17)8-7-10(4-2)14-12/h2,7-8H,3,5-6,9H2,1H3,(H,15,17). The molecule has 0 saturated carbocycles. The molecule has 2 heterocycles. The topological polar surface area (TPSA) is 50.9 Å². The van der Waals surface area contributed by atoms with Gasteiger partial charge in [0.1, 0.15) is 11.2 Å². The summed E-state index contributed by atoms with van der Waals surface area (Å²) < 4.78 is 1.71. The molecule has 88 valence electrons. The van der Waals surface area contributed by atoms with Gasteiger partial charge in [0.05, 0.1) is 0 Å². The highest BCUT2D eigenvalue weighted by Gasteiger charge is 2.10. The number of pyridine rings is 1. The second-order valence-corrected chi connectivity index (χ2v) is 3.95. The number of hydrogen-bond acceptors (Lipinski definition) is 3. The summed E-state index contributed by atoms with van der Waals surface area (Å²) in [5, 5.41) is 9.76. The van der Waals surface area contributed by atoms with Crippen molar-refractivity contribution in [3.63, 3.8) is 0 Å². The van der Waals surface area contributed by atoms with Crippen LogP contribution in [0.25, 0.3) is 11.2 Å². The monoisotopic (exact) mass is 229 g/mol. The van der Waals surface area contributed by atoms with Crippen LogP contribution < -0.4 is 0 Å². The van der Waals surface area contributed by atoms with Crippen molar-refractivity contribution in [3.8, 4) is 18.4 Å². The van der Waals surface area contributed by atoms with Crippen molar-refractivity contribution in [2.24, 2.45) is 0 Å². The third-order valence-corrected chi connectivity index (χ3v) is 2.71. The molecule has 2 aromatic rings. The van der Waals surface area contributed by atoms with E-state index in [1.165, 1.54) is 0 Å². The molecule has 0 fully saturated rings.